The molecule has 128 valence electrons. The molecule has 1 N–H and O–H groups in total. The van der Waals surface area contributed by atoms with E-state index in [2.05, 4.69) is 48.6 Å². The molecule has 1 aliphatic rings. The monoisotopic (exact) mass is 341 g/mol. The molecule has 5 rings (SSSR count). The molecule has 0 fully saturated rings. The Morgan fingerprint density at radius 1 is 0.962 bits per heavy atom. The van der Waals surface area contributed by atoms with Gasteiger partial charge in [-0.15, -0.1) is 0 Å². The highest BCUT2D eigenvalue weighted by Gasteiger charge is 2.28. The topological polar surface area (TPSA) is 43.0 Å². The molecule has 0 aliphatic carbocycles. The van der Waals surface area contributed by atoms with E-state index in [9.17, 15) is 0 Å². The first-order valence-corrected chi connectivity index (χ1v) is 8.78. The van der Waals surface area contributed by atoms with Crippen LogP contribution in [0.4, 0.5) is 5.69 Å². The molecule has 4 aromatic rings. The first-order valence-electron chi connectivity index (χ1n) is 8.78. The van der Waals surface area contributed by atoms with Crippen molar-refractivity contribution in [1.82, 2.24) is 9.78 Å². The number of rotatable bonds is 2. The maximum Gasteiger partial charge on any atom is 0.180 e. The summed E-state index contributed by atoms with van der Waals surface area (Å²) in [7, 11) is 0. The van der Waals surface area contributed by atoms with E-state index in [1.54, 1.807) is 0 Å². The minimum atomic E-state index is -0.161. The Morgan fingerprint density at radius 3 is 2.65 bits per heavy atom. The number of aryl methyl sites for hydroxylation is 2. The van der Waals surface area contributed by atoms with Crippen LogP contribution in [-0.4, -0.2) is 9.78 Å². The van der Waals surface area contributed by atoms with Gasteiger partial charge in [-0.25, -0.2) is 4.68 Å². The zero-order chi connectivity index (χ0) is 17.7. The summed E-state index contributed by atoms with van der Waals surface area (Å²) >= 11 is 0. The summed E-state index contributed by atoms with van der Waals surface area (Å²) in [6, 6.07) is 22.8. The zero-order valence-electron chi connectivity index (χ0n) is 14.7. The van der Waals surface area contributed by atoms with Crippen LogP contribution >= 0.6 is 0 Å². The van der Waals surface area contributed by atoms with Crippen LogP contribution in [-0.2, 0) is 0 Å². The largest absolute Gasteiger partial charge is 0.457 e. The van der Waals surface area contributed by atoms with Gasteiger partial charge < -0.3 is 9.73 Å². The third-order valence-corrected chi connectivity index (χ3v) is 4.80. The second kappa shape index (κ2) is 5.63. The Hall–Kier alpha value is -3.27. The van der Waals surface area contributed by atoms with Crippen molar-refractivity contribution in [3.8, 4) is 22.6 Å². The fourth-order valence-electron chi connectivity index (χ4n) is 3.57. The lowest BCUT2D eigenvalue weighted by atomic mass is 10.0. The smallest absolute Gasteiger partial charge is 0.180 e. The molecule has 1 atom stereocenters. The number of anilines is 1. The number of furan rings is 1. The fourth-order valence-corrected chi connectivity index (χ4v) is 3.57. The van der Waals surface area contributed by atoms with E-state index in [0.29, 0.717) is 0 Å². The Kier molecular flexibility index (Phi) is 3.25. The molecule has 1 aliphatic heterocycles. The molecule has 0 saturated heterocycles. The minimum absolute atomic E-state index is 0.161. The van der Waals surface area contributed by atoms with E-state index in [4.69, 9.17) is 9.52 Å². The second-order valence-electron chi connectivity index (χ2n) is 6.78. The van der Waals surface area contributed by atoms with Crippen molar-refractivity contribution in [2.24, 2.45) is 0 Å². The average molecular weight is 341 g/mol. The number of aromatic nitrogens is 2. The van der Waals surface area contributed by atoms with Gasteiger partial charge in [0, 0.05) is 16.8 Å². The summed E-state index contributed by atoms with van der Waals surface area (Å²) < 4.78 is 8.21. The normalized spacial score (nSPS) is 15.2. The fraction of sp³-hybridized carbons (Fsp3) is 0.136. The van der Waals surface area contributed by atoms with E-state index < -0.39 is 0 Å². The molecular formula is C22H19N3O. The van der Waals surface area contributed by atoms with Crippen molar-refractivity contribution in [1.29, 1.82) is 0 Å². The lowest BCUT2D eigenvalue weighted by Crippen LogP contribution is -2.25. The van der Waals surface area contributed by atoms with Crippen LogP contribution < -0.4 is 5.32 Å². The van der Waals surface area contributed by atoms with Gasteiger partial charge in [0.1, 0.15) is 11.5 Å². The molecule has 3 heterocycles. The SMILES string of the molecule is Cc1ccc2c(c1)-c1cc(C)nn1C(c1ccc(-c3ccccc3)o1)N2. The summed E-state index contributed by atoms with van der Waals surface area (Å²) in [4.78, 5) is 0. The van der Waals surface area contributed by atoms with Gasteiger partial charge in [-0.1, -0.05) is 42.0 Å². The molecule has 0 bridgehead atoms. The van der Waals surface area contributed by atoms with Gasteiger partial charge in [-0.3, -0.25) is 0 Å². The number of fused-ring (bicyclic) bond motifs is 3. The second-order valence-corrected chi connectivity index (χ2v) is 6.78. The van der Waals surface area contributed by atoms with Crippen LogP contribution in [0, 0.1) is 13.8 Å². The summed E-state index contributed by atoms with van der Waals surface area (Å²) in [5, 5.41) is 8.30. The minimum Gasteiger partial charge on any atom is -0.457 e. The van der Waals surface area contributed by atoms with Gasteiger partial charge >= 0.3 is 0 Å². The Labute approximate surface area is 152 Å². The van der Waals surface area contributed by atoms with Crippen LogP contribution in [0.5, 0.6) is 0 Å². The number of benzene rings is 2. The van der Waals surface area contributed by atoms with Crippen molar-refractivity contribution in [2.45, 2.75) is 20.0 Å². The lowest BCUT2D eigenvalue weighted by Gasteiger charge is -2.27. The van der Waals surface area contributed by atoms with Crippen LogP contribution in [0.3, 0.4) is 0 Å². The lowest BCUT2D eigenvalue weighted by molar-refractivity contribution is 0.438. The van der Waals surface area contributed by atoms with Crippen molar-refractivity contribution in [3.05, 3.63) is 83.7 Å². The van der Waals surface area contributed by atoms with E-state index in [-0.39, 0.29) is 6.17 Å². The maximum absolute atomic E-state index is 6.19. The summed E-state index contributed by atoms with van der Waals surface area (Å²) in [6.07, 6.45) is -0.161. The predicted octanol–water partition coefficient (Wildman–Crippen LogP) is 5.40. The van der Waals surface area contributed by atoms with Crippen LogP contribution in [0.15, 0.2) is 71.1 Å². The zero-order valence-corrected chi connectivity index (χ0v) is 14.7. The van der Waals surface area contributed by atoms with Gasteiger partial charge in [0.25, 0.3) is 0 Å². The van der Waals surface area contributed by atoms with Gasteiger partial charge in [0.05, 0.1) is 11.4 Å². The highest BCUT2D eigenvalue weighted by atomic mass is 16.3. The molecule has 1 unspecified atom stereocenters. The number of nitrogens with zero attached hydrogens (tertiary/aromatic N) is 2. The molecule has 0 amide bonds. The van der Waals surface area contributed by atoms with Crippen LogP contribution in [0.1, 0.15) is 23.2 Å². The Morgan fingerprint density at radius 2 is 1.81 bits per heavy atom. The Bertz CT molecular complexity index is 1090. The third kappa shape index (κ3) is 2.34. The first kappa shape index (κ1) is 15.0. The van der Waals surface area contributed by atoms with Crippen molar-refractivity contribution in [2.75, 3.05) is 5.32 Å². The molecule has 0 saturated carbocycles. The maximum atomic E-state index is 6.19. The average Bonchev–Trinajstić information content (AvgIpc) is 3.29. The molecule has 0 radical (unpaired) electrons. The van der Waals surface area contributed by atoms with Crippen molar-refractivity contribution >= 4 is 5.69 Å². The van der Waals surface area contributed by atoms with Gasteiger partial charge in [0.15, 0.2) is 6.17 Å². The van der Waals surface area contributed by atoms with Gasteiger partial charge in [-0.05, 0) is 44.2 Å². The third-order valence-electron chi connectivity index (χ3n) is 4.80. The van der Waals surface area contributed by atoms with E-state index in [0.717, 1.165) is 34.2 Å². The standard InChI is InChI=1S/C22H19N3O/c1-14-8-9-18-17(12-14)19-13-15(2)24-25(19)22(23-18)21-11-10-20(26-21)16-6-4-3-5-7-16/h3-13,22-23H,1-2H3. The molecule has 4 nitrogen and oxygen atoms in total. The van der Waals surface area contributed by atoms with Crippen LogP contribution in [0.2, 0.25) is 0 Å². The molecule has 26 heavy (non-hydrogen) atoms. The molecular weight excluding hydrogens is 322 g/mol. The molecule has 2 aromatic heterocycles. The Balaban J connectivity index is 1.61. The molecule has 4 heteroatoms. The number of hydrogen-bond donors (Lipinski definition) is 1. The quantitative estimate of drug-likeness (QED) is 0.531. The highest BCUT2D eigenvalue weighted by Crippen LogP contribution is 2.40. The van der Waals surface area contributed by atoms with Gasteiger partial charge in [0.2, 0.25) is 0 Å². The van der Waals surface area contributed by atoms with Crippen molar-refractivity contribution < 1.29 is 4.42 Å². The van der Waals surface area contributed by atoms with Crippen molar-refractivity contribution in [3.63, 3.8) is 0 Å². The summed E-state index contributed by atoms with van der Waals surface area (Å²) in [5.41, 5.74) is 6.70. The number of hydrogen-bond acceptors (Lipinski definition) is 3. The highest BCUT2D eigenvalue weighted by molar-refractivity contribution is 5.79. The first-order chi connectivity index (χ1) is 12.7. The molecule has 2 aromatic carbocycles. The summed E-state index contributed by atoms with van der Waals surface area (Å²) in [5.74, 6) is 1.71. The summed E-state index contributed by atoms with van der Waals surface area (Å²) in [6.45, 7) is 4.13. The van der Waals surface area contributed by atoms with E-state index in [1.807, 2.05) is 41.9 Å². The van der Waals surface area contributed by atoms with Crippen LogP contribution in [0.25, 0.3) is 22.6 Å². The van der Waals surface area contributed by atoms with Gasteiger partial charge in [-0.2, -0.15) is 5.10 Å². The van der Waals surface area contributed by atoms with E-state index >= 15 is 0 Å². The number of nitrogens with one attached hydrogen (secondary N) is 1. The molecule has 0 spiro atoms. The van der Waals surface area contributed by atoms with E-state index in [1.165, 1.54) is 11.1 Å². The predicted molar refractivity (Wildman–Crippen MR) is 103 cm³/mol.